The molecular weight excluding hydrogens is 284 g/mol. The molecule has 1 aliphatic heterocycles. The van der Waals surface area contributed by atoms with Crippen molar-refractivity contribution in [3.8, 4) is 0 Å². The van der Waals surface area contributed by atoms with Gasteiger partial charge < -0.3 is 21.1 Å². The third kappa shape index (κ3) is 5.34. The van der Waals surface area contributed by atoms with Gasteiger partial charge in [0.1, 0.15) is 0 Å². The Labute approximate surface area is 129 Å². The number of amides is 3. The van der Waals surface area contributed by atoms with E-state index in [1.165, 1.54) is 0 Å². The van der Waals surface area contributed by atoms with Crippen LogP contribution in [-0.4, -0.2) is 56.2 Å². The third-order valence-corrected chi connectivity index (χ3v) is 3.46. The molecule has 1 aromatic rings. The molecule has 0 atom stereocenters. The average molecular weight is 306 g/mol. The van der Waals surface area contributed by atoms with Crippen LogP contribution in [0.5, 0.6) is 0 Å². The topological polar surface area (TPSA) is 96.7 Å². The highest BCUT2D eigenvalue weighted by Gasteiger charge is 2.10. The summed E-state index contributed by atoms with van der Waals surface area (Å²) in [6.07, 6.45) is 0.910. The molecule has 1 aromatic carbocycles. The van der Waals surface area contributed by atoms with E-state index >= 15 is 0 Å². The van der Waals surface area contributed by atoms with E-state index in [1.807, 2.05) is 0 Å². The molecule has 120 valence electrons. The number of nitrogens with one attached hydrogen (secondary N) is 2. The number of benzene rings is 1. The second-order valence-electron chi connectivity index (χ2n) is 5.13. The Kier molecular flexibility index (Phi) is 6.17. The second-order valence-corrected chi connectivity index (χ2v) is 5.13. The molecular formula is C15H22N4O3. The molecule has 7 heteroatoms. The van der Waals surface area contributed by atoms with Crippen LogP contribution in [0.4, 0.5) is 10.5 Å². The summed E-state index contributed by atoms with van der Waals surface area (Å²) in [5, 5.41) is 5.34. The highest BCUT2D eigenvalue weighted by Crippen LogP contribution is 2.09. The minimum atomic E-state index is -0.625. The van der Waals surface area contributed by atoms with Crippen molar-refractivity contribution >= 4 is 17.6 Å². The predicted octanol–water partition coefficient (Wildman–Crippen LogP) is 0.629. The molecule has 0 aliphatic carbocycles. The first-order valence-electron chi connectivity index (χ1n) is 7.40. The van der Waals surface area contributed by atoms with Crippen LogP contribution >= 0.6 is 0 Å². The van der Waals surface area contributed by atoms with Gasteiger partial charge in [0.25, 0.3) is 5.91 Å². The smallest absolute Gasteiger partial charge is 0.316 e. The fourth-order valence-corrected chi connectivity index (χ4v) is 2.28. The van der Waals surface area contributed by atoms with E-state index in [0.29, 0.717) is 17.8 Å². The number of primary amides is 1. The summed E-state index contributed by atoms with van der Waals surface area (Å²) in [6.45, 7) is 5.10. The first-order valence-corrected chi connectivity index (χ1v) is 7.40. The van der Waals surface area contributed by atoms with E-state index in [2.05, 4.69) is 15.5 Å². The molecule has 1 heterocycles. The quantitative estimate of drug-likeness (QED) is 0.672. The summed E-state index contributed by atoms with van der Waals surface area (Å²) < 4.78 is 5.29. The van der Waals surface area contributed by atoms with Crippen molar-refractivity contribution in [1.29, 1.82) is 0 Å². The van der Waals surface area contributed by atoms with Crippen molar-refractivity contribution in [3.63, 3.8) is 0 Å². The number of carbonyl (C=O) groups excluding carboxylic acids is 2. The summed E-state index contributed by atoms with van der Waals surface area (Å²) in [6, 6.07) is 5.98. The number of morpholine rings is 1. The molecule has 3 amide bonds. The Bertz CT molecular complexity index is 498. The summed E-state index contributed by atoms with van der Waals surface area (Å²) >= 11 is 0. The van der Waals surface area contributed by atoms with Crippen LogP contribution < -0.4 is 16.4 Å². The van der Waals surface area contributed by atoms with Crippen molar-refractivity contribution in [2.24, 2.45) is 5.73 Å². The first-order chi connectivity index (χ1) is 10.6. The maximum atomic E-state index is 12.0. The van der Waals surface area contributed by atoms with Crippen LogP contribution in [0.1, 0.15) is 16.8 Å². The molecule has 4 N–H and O–H groups in total. The van der Waals surface area contributed by atoms with E-state index in [1.54, 1.807) is 24.3 Å². The number of hydrogen-bond acceptors (Lipinski definition) is 4. The van der Waals surface area contributed by atoms with Gasteiger partial charge in [-0.15, -0.1) is 0 Å². The molecule has 0 unspecified atom stereocenters. The summed E-state index contributed by atoms with van der Waals surface area (Å²) in [5.74, 6) is -0.118. The molecule has 2 rings (SSSR count). The lowest BCUT2D eigenvalue weighted by molar-refractivity contribution is 0.0374. The van der Waals surface area contributed by atoms with Gasteiger partial charge in [0, 0.05) is 30.9 Å². The number of carbonyl (C=O) groups is 2. The van der Waals surface area contributed by atoms with E-state index in [4.69, 9.17) is 10.5 Å². The van der Waals surface area contributed by atoms with Gasteiger partial charge in [0.2, 0.25) is 0 Å². The zero-order valence-corrected chi connectivity index (χ0v) is 12.5. The summed E-state index contributed by atoms with van der Waals surface area (Å²) in [4.78, 5) is 25.0. The molecule has 1 aliphatic rings. The molecule has 1 saturated heterocycles. The Morgan fingerprint density at radius 2 is 1.86 bits per heavy atom. The second kappa shape index (κ2) is 8.35. The number of ether oxygens (including phenoxy) is 1. The van der Waals surface area contributed by atoms with E-state index in [0.717, 1.165) is 39.3 Å². The van der Waals surface area contributed by atoms with Crippen molar-refractivity contribution in [1.82, 2.24) is 10.2 Å². The Balaban J connectivity index is 1.69. The SMILES string of the molecule is NC(=O)Nc1ccc(C(=O)NCCCN2CCOCC2)cc1. The average Bonchev–Trinajstić information content (AvgIpc) is 2.52. The number of nitrogens with zero attached hydrogens (tertiary/aromatic N) is 1. The predicted molar refractivity (Wildman–Crippen MR) is 83.9 cm³/mol. The van der Waals surface area contributed by atoms with Crippen molar-refractivity contribution in [3.05, 3.63) is 29.8 Å². The third-order valence-electron chi connectivity index (χ3n) is 3.46. The number of anilines is 1. The van der Waals surface area contributed by atoms with E-state index in [-0.39, 0.29) is 5.91 Å². The maximum absolute atomic E-state index is 12.0. The van der Waals surface area contributed by atoms with Gasteiger partial charge >= 0.3 is 6.03 Å². The maximum Gasteiger partial charge on any atom is 0.316 e. The van der Waals surface area contributed by atoms with Gasteiger partial charge in [0.15, 0.2) is 0 Å². The van der Waals surface area contributed by atoms with Gasteiger partial charge in [-0.1, -0.05) is 0 Å². The van der Waals surface area contributed by atoms with Gasteiger partial charge in [-0.25, -0.2) is 4.79 Å². The molecule has 0 spiro atoms. The number of rotatable bonds is 6. The van der Waals surface area contributed by atoms with Gasteiger partial charge in [-0.05, 0) is 37.2 Å². The highest BCUT2D eigenvalue weighted by molar-refractivity contribution is 5.95. The lowest BCUT2D eigenvalue weighted by Gasteiger charge is -2.26. The Morgan fingerprint density at radius 3 is 2.50 bits per heavy atom. The zero-order valence-electron chi connectivity index (χ0n) is 12.5. The molecule has 0 bridgehead atoms. The van der Waals surface area contributed by atoms with Crippen molar-refractivity contribution < 1.29 is 14.3 Å². The van der Waals surface area contributed by atoms with Crippen molar-refractivity contribution in [2.75, 3.05) is 44.7 Å². The van der Waals surface area contributed by atoms with E-state index < -0.39 is 6.03 Å². The van der Waals surface area contributed by atoms with Crippen LogP contribution in [-0.2, 0) is 4.74 Å². The molecule has 7 nitrogen and oxygen atoms in total. The van der Waals surface area contributed by atoms with Crippen LogP contribution in [0.15, 0.2) is 24.3 Å². The number of urea groups is 1. The van der Waals surface area contributed by atoms with Crippen LogP contribution in [0.2, 0.25) is 0 Å². The Hall–Kier alpha value is -2.12. The fourth-order valence-electron chi connectivity index (χ4n) is 2.28. The summed E-state index contributed by atoms with van der Waals surface area (Å²) in [7, 11) is 0. The minimum absolute atomic E-state index is 0.118. The highest BCUT2D eigenvalue weighted by atomic mass is 16.5. The number of hydrogen-bond donors (Lipinski definition) is 3. The number of nitrogens with two attached hydrogens (primary N) is 1. The van der Waals surface area contributed by atoms with Crippen molar-refractivity contribution in [2.45, 2.75) is 6.42 Å². The standard InChI is InChI=1S/C15H22N4O3/c16-15(21)18-13-4-2-12(3-5-13)14(20)17-6-1-7-19-8-10-22-11-9-19/h2-5H,1,6-11H2,(H,17,20)(H3,16,18,21). The molecule has 1 fully saturated rings. The Morgan fingerprint density at radius 1 is 1.18 bits per heavy atom. The van der Waals surface area contributed by atoms with Gasteiger partial charge in [-0.3, -0.25) is 9.69 Å². The lowest BCUT2D eigenvalue weighted by atomic mass is 10.2. The largest absolute Gasteiger partial charge is 0.379 e. The zero-order chi connectivity index (χ0) is 15.8. The van der Waals surface area contributed by atoms with Gasteiger partial charge in [-0.2, -0.15) is 0 Å². The molecule has 0 radical (unpaired) electrons. The minimum Gasteiger partial charge on any atom is -0.379 e. The molecule has 22 heavy (non-hydrogen) atoms. The molecule has 0 aromatic heterocycles. The van der Waals surface area contributed by atoms with Crippen LogP contribution in [0.3, 0.4) is 0 Å². The monoisotopic (exact) mass is 306 g/mol. The lowest BCUT2D eigenvalue weighted by Crippen LogP contribution is -2.38. The van der Waals surface area contributed by atoms with Crippen LogP contribution in [0, 0.1) is 0 Å². The summed E-state index contributed by atoms with van der Waals surface area (Å²) in [5.41, 5.74) is 6.15. The van der Waals surface area contributed by atoms with Crippen LogP contribution in [0.25, 0.3) is 0 Å². The fraction of sp³-hybridized carbons (Fsp3) is 0.467. The van der Waals surface area contributed by atoms with E-state index in [9.17, 15) is 9.59 Å². The first kappa shape index (κ1) is 16.3. The molecule has 0 saturated carbocycles. The van der Waals surface area contributed by atoms with Gasteiger partial charge in [0.05, 0.1) is 13.2 Å². The normalized spacial score (nSPS) is 15.3.